The molecular weight excluding hydrogens is 316 g/mol. The number of benzene rings is 1. The van der Waals surface area contributed by atoms with Crippen LogP contribution in [0.4, 0.5) is 0 Å². The number of rotatable bonds is 5. The number of hydrogen-bond acceptors (Lipinski definition) is 3. The lowest BCUT2D eigenvalue weighted by Crippen LogP contribution is -2.33. The molecule has 1 aromatic carbocycles. The molecule has 0 aliphatic heterocycles. The number of pyridine rings is 1. The molecule has 0 atom stereocenters. The van der Waals surface area contributed by atoms with Crippen molar-refractivity contribution in [3.05, 3.63) is 58.0 Å². The van der Waals surface area contributed by atoms with Gasteiger partial charge < -0.3 is 5.32 Å². The van der Waals surface area contributed by atoms with Crippen molar-refractivity contribution in [3.8, 4) is 5.69 Å². The maximum Gasteiger partial charge on any atom is 0.252 e. The Hall–Kier alpha value is -2.89. The Labute approximate surface area is 146 Å². The van der Waals surface area contributed by atoms with Crippen LogP contribution in [-0.4, -0.2) is 26.8 Å². The van der Waals surface area contributed by atoms with E-state index < -0.39 is 0 Å². The summed E-state index contributed by atoms with van der Waals surface area (Å²) in [7, 11) is 0. The summed E-state index contributed by atoms with van der Waals surface area (Å²) in [4.78, 5) is 24.8. The molecule has 1 N–H and O–H groups in total. The zero-order chi connectivity index (χ0) is 18.0. The lowest BCUT2D eigenvalue weighted by molar-refractivity contribution is -0.121. The third-order valence-electron chi connectivity index (χ3n) is 4.17. The van der Waals surface area contributed by atoms with Crippen molar-refractivity contribution in [1.82, 2.24) is 19.7 Å². The van der Waals surface area contributed by atoms with Crippen LogP contribution >= 0.6 is 0 Å². The summed E-state index contributed by atoms with van der Waals surface area (Å²) in [6, 6.07) is 11.2. The van der Waals surface area contributed by atoms with Gasteiger partial charge in [-0.2, -0.15) is 5.10 Å². The molecule has 0 fully saturated rings. The number of carbonyl (C=O) groups excluding carboxylic acids is 1. The average molecular weight is 338 g/mol. The van der Waals surface area contributed by atoms with E-state index in [9.17, 15) is 9.59 Å². The molecule has 6 heteroatoms. The maximum atomic E-state index is 12.6. The van der Waals surface area contributed by atoms with Crippen molar-refractivity contribution in [1.29, 1.82) is 0 Å². The van der Waals surface area contributed by atoms with Gasteiger partial charge in [-0.25, -0.2) is 4.68 Å². The molecule has 25 heavy (non-hydrogen) atoms. The molecule has 0 saturated heterocycles. The first-order chi connectivity index (χ1) is 12.0. The molecule has 0 aliphatic carbocycles. The second kappa shape index (κ2) is 6.93. The number of hydrogen-bond donors (Lipinski definition) is 1. The van der Waals surface area contributed by atoms with Crippen molar-refractivity contribution in [2.24, 2.45) is 0 Å². The van der Waals surface area contributed by atoms with Gasteiger partial charge in [0.1, 0.15) is 12.2 Å². The van der Waals surface area contributed by atoms with Gasteiger partial charge in [-0.3, -0.25) is 14.2 Å². The fraction of sp³-hybridized carbons (Fsp3) is 0.316. The summed E-state index contributed by atoms with van der Waals surface area (Å²) in [5.74, 6) is -0.174. The minimum atomic E-state index is -0.200. The monoisotopic (exact) mass is 338 g/mol. The van der Waals surface area contributed by atoms with Crippen molar-refractivity contribution in [3.63, 3.8) is 0 Å². The topological polar surface area (TPSA) is 68.9 Å². The average Bonchev–Trinajstić information content (AvgIpc) is 2.95. The minimum absolute atomic E-state index is 0.0203. The maximum absolute atomic E-state index is 12.6. The third kappa shape index (κ3) is 3.20. The van der Waals surface area contributed by atoms with Gasteiger partial charge in [0.25, 0.3) is 5.56 Å². The van der Waals surface area contributed by atoms with E-state index in [1.807, 2.05) is 51.1 Å². The summed E-state index contributed by atoms with van der Waals surface area (Å²) < 4.78 is 3.24. The first kappa shape index (κ1) is 17.0. The Bertz CT molecular complexity index is 970. The number of fused-ring (bicyclic) bond motifs is 1. The van der Waals surface area contributed by atoms with Crippen LogP contribution in [0.5, 0.6) is 0 Å². The van der Waals surface area contributed by atoms with Gasteiger partial charge >= 0.3 is 0 Å². The summed E-state index contributed by atoms with van der Waals surface area (Å²) in [6.07, 6.45) is 0.852. The second-order valence-electron chi connectivity index (χ2n) is 6.13. The number of nitrogens with one attached hydrogen (secondary N) is 1. The Morgan fingerprint density at radius 1 is 1.20 bits per heavy atom. The van der Waals surface area contributed by atoms with Crippen molar-refractivity contribution < 1.29 is 4.79 Å². The SMILES string of the molecule is CCCNC(=O)Cn1c(=O)cc(C)c2c(C)nn(-c3ccccc3)c21. The highest BCUT2D eigenvalue weighted by atomic mass is 16.2. The van der Waals surface area contributed by atoms with Crippen molar-refractivity contribution in [2.75, 3.05) is 6.54 Å². The van der Waals surface area contributed by atoms with Gasteiger partial charge in [0.2, 0.25) is 5.91 Å². The standard InChI is InChI=1S/C19H22N4O2/c1-4-10-20-16(24)12-22-17(25)11-13(2)18-14(3)21-23(19(18)22)15-8-6-5-7-9-15/h5-9,11H,4,10,12H2,1-3H3,(H,20,24). The predicted octanol–water partition coefficient (Wildman–Crippen LogP) is 2.33. The molecule has 2 heterocycles. The first-order valence-corrected chi connectivity index (χ1v) is 8.44. The van der Waals surface area contributed by atoms with E-state index in [1.165, 1.54) is 4.57 Å². The Balaban J connectivity index is 2.22. The molecule has 2 aromatic heterocycles. The fourth-order valence-electron chi connectivity index (χ4n) is 3.03. The number of carbonyl (C=O) groups is 1. The van der Waals surface area contributed by atoms with Gasteiger partial charge in [0, 0.05) is 18.0 Å². The molecule has 1 amide bonds. The molecule has 0 bridgehead atoms. The van der Waals surface area contributed by atoms with Gasteiger partial charge in [0.15, 0.2) is 0 Å². The van der Waals surface area contributed by atoms with Crippen LogP contribution in [0, 0.1) is 13.8 Å². The van der Waals surface area contributed by atoms with E-state index >= 15 is 0 Å². The van der Waals surface area contributed by atoms with Gasteiger partial charge in [-0.05, 0) is 38.0 Å². The molecule has 3 rings (SSSR count). The minimum Gasteiger partial charge on any atom is -0.355 e. The lowest BCUT2D eigenvalue weighted by atomic mass is 10.1. The highest BCUT2D eigenvalue weighted by molar-refractivity contribution is 5.85. The van der Waals surface area contributed by atoms with E-state index in [0.717, 1.165) is 28.8 Å². The van der Waals surface area contributed by atoms with Crippen LogP contribution in [0.2, 0.25) is 0 Å². The highest BCUT2D eigenvalue weighted by Gasteiger charge is 2.18. The molecule has 3 aromatic rings. The lowest BCUT2D eigenvalue weighted by Gasteiger charge is -2.12. The van der Waals surface area contributed by atoms with Crippen LogP contribution in [0.1, 0.15) is 24.6 Å². The van der Waals surface area contributed by atoms with Crippen molar-refractivity contribution in [2.45, 2.75) is 33.7 Å². The molecular formula is C19H22N4O2. The van der Waals surface area contributed by atoms with Crippen LogP contribution in [0.25, 0.3) is 16.7 Å². The third-order valence-corrected chi connectivity index (χ3v) is 4.17. The number of aryl methyl sites for hydroxylation is 2. The van der Waals surface area contributed by atoms with Gasteiger partial charge in [0.05, 0.1) is 11.4 Å². The van der Waals surface area contributed by atoms with Crippen LogP contribution in [-0.2, 0) is 11.3 Å². The Morgan fingerprint density at radius 3 is 2.60 bits per heavy atom. The zero-order valence-corrected chi connectivity index (χ0v) is 14.7. The largest absolute Gasteiger partial charge is 0.355 e. The first-order valence-electron chi connectivity index (χ1n) is 8.44. The predicted molar refractivity (Wildman–Crippen MR) is 98.1 cm³/mol. The van der Waals surface area contributed by atoms with Crippen LogP contribution in [0.3, 0.4) is 0 Å². The van der Waals surface area contributed by atoms with E-state index in [-0.39, 0.29) is 18.0 Å². The normalized spacial score (nSPS) is 11.0. The summed E-state index contributed by atoms with van der Waals surface area (Å²) in [6.45, 7) is 6.38. The smallest absolute Gasteiger partial charge is 0.252 e. The number of amides is 1. The van der Waals surface area contributed by atoms with Gasteiger partial charge in [-0.1, -0.05) is 25.1 Å². The molecule has 0 saturated carbocycles. The molecule has 0 spiro atoms. The number of nitrogens with zero attached hydrogens (tertiary/aromatic N) is 3. The molecule has 0 aliphatic rings. The van der Waals surface area contributed by atoms with E-state index in [0.29, 0.717) is 12.2 Å². The quantitative estimate of drug-likeness (QED) is 0.776. The fourth-order valence-corrected chi connectivity index (χ4v) is 3.03. The molecule has 130 valence electrons. The Morgan fingerprint density at radius 2 is 1.92 bits per heavy atom. The van der Waals surface area contributed by atoms with E-state index in [4.69, 9.17) is 0 Å². The summed E-state index contributed by atoms with van der Waals surface area (Å²) in [5, 5.41) is 8.35. The molecule has 0 radical (unpaired) electrons. The summed E-state index contributed by atoms with van der Waals surface area (Å²) in [5.41, 5.74) is 3.01. The zero-order valence-electron chi connectivity index (χ0n) is 14.7. The Kier molecular flexibility index (Phi) is 4.70. The van der Waals surface area contributed by atoms with Crippen LogP contribution in [0.15, 0.2) is 41.2 Å². The second-order valence-corrected chi connectivity index (χ2v) is 6.13. The highest BCUT2D eigenvalue weighted by Crippen LogP contribution is 2.23. The summed E-state index contributed by atoms with van der Waals surface area (Å²) >= 11 is 0. The number of aromatic nitrogens is 3. The number of para-hydroxylation sites is 1. The van der Waals surface area contributed by atoms with E-state index in [1.54, 1.807) is 10.7 Å². The van der Waals surface area contributed by atoms with E-state index in [2.05, 4.69) is 10.4 Å². The van der Waals surface area contributed by atoms with Crippen LogP contribution < -0.4 is 10.9 Å². The van der Waals surface area contributed by atoms with Crippen molar-refractivity contribution >= 4 is 16.9 Å². The molecule has 0 unspecified atom stereocenters. The molecule has 6 nitrogen and oxygen atoms in total. The van der Waals surface area contributed by atoms with Gasteiger partial charge in [-0.15, -0.1) is 0 Å².